The summed E-state index contributed by atoms with van der Waals surface area (Å²) in [5.74, 6) is -2.56. The van der Waals surface area contributed by atoms with E-state index in [1.165, 1.54) is 30.5 Å². The number of nitrogens with one attached hydrogen (secondary N) is 2. The van der Waals surface area contributed by atoms with E-state index >= 15 is 0 Å². The molecule has 7 nitrogen and oxygen atoms in total. The third-order valence-corrected chi connectivity index (χ3v) is 5.69. The van der Waals surface area contributed by atoms with E-state index in [9.17, 15) is 14.4 Å². The van der Waals surface area contributed by atoms with Crippen LogP contribution in [0.15, 0.2) is 70.2 Å². The lowest BCUT2D eigenvalue weighted by atomic mass is 10.2. The molecule has 0 aliphatic heterocycles. The van der Waals surface area contributed by atoms with Crippen LogP contribution in [0.1, 0.15) is 15.9 Å². The van der Waals surface area contributed by atoms with Crippen LogP contribution < -0.4 is 15.5 Å². The van der Waals surface area contributed by atoms with Crippen molar-refractivity contribution in [3.63, 3.8) is 0 Å². The summed E-state index contributed by atoms with van der Waals surface area (Å²) in [7, 11) is 0. The number of hydrazone groups is 1. The van der Waals surface area contributed by atoms with Crippen LogP contribution >= 0.6 is 50.7 Å². The summed E-state index contributed by atoms with van der Waals surface area (Å²) in [6.07, 6.45) is 1.22. The minimum absolute atomic E-state index is 0.0999. The number of hydrogen-bond donors (Lipinski definition) is 2. The van der Waals surface area contributed by atoms with Gasteiger partial charge in [0.1, 0.15) is 5.75 Å². The summed E-state index contributed by atoms with van der Waals surface area (Å²) in [6.45, 7) is 0. The molecule has 0 fully saturated rings. The molecule has 0 saturated carbocycles. The van der Waals surface area contributed by atoms with Gasteiger partial charge in [0.25, 0.3) is 0 Å². The second-order valence-corrected chi connectivity index (χ2v) is 8.41. The van der Waals surface area contributed by atoms with Gasteiger partial charge in [-0.05, 0) is 42.5 Å². The molecular weight excluding hydrogens is 557 g/mol. The maximum absolute atomic E-state index is 12.5. The summed E-state index contributed by atoms with van der Waals surface area (Å²) < 4.78 is 6.09. The number of anilines is 1. The van der Waals surface area contributed by atoms with Crippen LogP contribution in [-0.2, 0) is 9.59 Å². The fourth-order valence-corrected chi connectivity index (χ4v) is 3.42. The molecule has 11 heteroatoms. The van der Waals surface area contributed by atoms with Gasteiger partial charge in [-0.15, -0.1) is 0 Å². The predicted molar refractivity (Wildman–Crippen MR) is 131 cm³/mol. The summed E-state index contributed by atoms with van der Waals surface area (Å²) >= 11 is 21.2. The molecular formula is C22H13BrCl3N3O4. The van der Waals surface area contributed by atoms with E-state index in [-0.39, 0.29) is 32.1 Å². The molecule has 0 saturated heterocycles. The SMILES string of the molecule is O=C(N/N=C\c1cc(Br)ccc1OC(=O)c1ccccc1Cl)C(=O)Nc1cccc(Cl)c1Cl. The second kappa shape index (κ2) is 11.3. The first kappa shape index (κ1) is 24.7. The van der Waals surface area contributed by atoms with E-state index in [1.807, 2.05) is 0 Å². The maximum atomic E-state index is 12.5. The Morgan fingerprint density at radius 2 is 1.64 bits per heavy atom. The van der Waals surface area contributed by atoms with Crippen LogP contribution in [0, 0.1) is 0 Å². The van der Waals surface area contributed by atoms with Crippen molar-refractivity contribution in [2.24, 2.45) is 5.10 Å². The molecule has 0 aliphatic carbocycles. The Labute approximate surface area is 211 Å². The Balaban J connectivity index is 1.69. The molecule has 3 aromatic rings. The summed E-state index contributed by atoms with van der Waals surface area (Å²) in [5.41, 5.74) is 2.81. The fraction of sp³-hybridized carbons (Fsp3) is 0. The first-order valence-electron chi connectivity index (χ1n) is 9.11. The highest BCUT2D eigenvalue weighted by molar-refractivity contribution is 9.10. The number of rotatable bonds is 5. The third kappa shape index (κ3) is 6.55. The number of hydrogen-bond acceptors (Lipinski definition) is 5. The maximum Gasteiger partial charge on any atom is 0.345 e. The van der Waals surface area contributed by atoms with Gasteiger partial charge in [0.2, 0.25) is 0 Å². The Hall–Kier alpha value is -2.91. The van der Waals surface area contributed by atoms with Crippen LogP contribution in [-0.4, -0.2) is 24.0 Å². The molecule has 2 N–H and O–H groups in total. The summed E-state index contributed by atoms with van der Waals surface area (Å²) in [5, 5.41) is 6.67. The predicted octanol–water partition coefficient (Wildman–Crippen LogP) is 5.72. The number of benzene rings is 3. The number of ether oxygens (including phenoxy) is 1. The molecule has 0 heterocycles. The lowest BCUT2D eigenvalue weighted by Crippen LogP contribution is -2.32. The molecule has 0 unspecified atom stereocenters. The van der Waals surface area contributed by atoms with Gasteiger partial charge in [0.05, 0.1) is 32.5 Å². The number of carbonyl (C=O) groups excluding carboxylic acids is 3. The van der Waals surface area contributed by atoms with E-state index in [0.29, 0.717) is 10.0 Å². The van der Waals surface area contributed by atoms with Crippen molar-refractivity contribution in [3.05, 3.63) is 91.3 Å². The fourth-order valence-electron chi connectivity index (χ4n) is 2.49. The van der Waals surface area contributed by atoms with Gasteiger partial charge in [-0.3, -0.25) is 9.59 Å². The molecule has 0 spiro atoms. The summed E-state index contributed by atoms with van der Waals surface area (Å²) in [4.78, 5) is 36.6. The van der Waals surface area contributed by atoms with E-state index in [0.717, 1.165) is 0 Å². The minimum atomic E-state index is -1.05. The Bertz CT molecular complexity index is 1270. The topological polar surface area (TPSA) is 96.9 Å². The van der Waals surface area contributed by atoms with Gasteiger partial charge in [0.15, 0.2) is 0 Å². The minimum Gasteiger partial charge on any atom is -0.422 e. The molecule has 3 aromatic carbocycles. The average molecular weight is 570 g/mol. The van der Waals surface area contributed by atoms with Crippen LogP contribution in [0.25, 0.3) is 0 Å². The van der Waals surface area contributed by atoms with Crippen LogP contribution in [0.5, 0.6) is 5.75 Å². The van der Waals surface area contributed by atoms with E-state index in [2.05, 4.69) is 31.8 Å². The van der Waals surface area contributed by atoms with Crippen LogP contribution in [0.2, 0.25) is 15.1 Å². The largest absolute Gasteiger partial charge is 0.422 e. The van der Waals surface area contributed by atoms with Crippen molar-refractivity contribution in [2.45, 2.75) is 0 Å². The molecule has 0 aromatic heterocycles. The smallest absolute Gasteiger partial charge is 0.345 e. The highest BCUT2D eigenvalue weighted by Gasteiger charge is 2.17. The van der Waals surface area contributed by atoms with Gasteiger partial charge in [-0.1, -0.05) is 68.9 Å². The molecule has 0 bridgehead atoms. The van der Waals surface area contributed by atoms with Crippen LogP contribution in [0.4, 0.5) is 5.69 Å². The van der Waals surface area contributed by atoms with Crippen molar-refractivity contribution < 1.29 is 19.1 Å². The first-order chi connectivity index (χ1) is 15.8. The molecule has 33 heavy (non-hydrogen) atoms. The van der Waals surface area contributed by atoms with Gasteiger partial charge in [-0.2, -0.15) is 5.10 Å². The zero-order chi connectivity index (χ0) is 24.0. The highest BCUT2D eigenvalue weighted by Crippen LogP contribution is 2.29. The Morgan fingerprint density at radius 3 is 2.39 bits per heavy atom. The highest BCUT2D eigenvalue weighted by atomic mass is 79.9. The van der Waals surface area contributed by atoms with Gasteiger partial charge >= 0.3 is 17.8 Å². The molecule has 0 aliphatic rings. The number of nitrogens with zero attached hydrogens (tertiary/aromatic N) is 1. The lowest BCUT2D eigenvalue weighted by molar-refractivity contribution is -0.136. The number of amides is 2. The number of halogens is 4. The molecule has 0 radical (unpaired) electrons. The Kier molecular flexibility index (Phi) is 8.46. The number of esters is 1. The van der Waals surface area contributed by atoms with E-state index < -0.39 is 17.8 Å². The summed E-state index contributed by atoms with van der Waals surface area (Å²) in [6, 6.07) is 15.8. The zero-order valence-corrected chi connectivity index (χ0v) is 20.3. The van der Waals surface area contributed by atoms with E-state index in [1.54, 1.807) is 36.4 Å². The van der Waals surface area contributed by atoms with E-state index in [4.69, 9.17) is 39.5 Å². The molecule has 2 amide bonds. The van der Waals surface area contributed by atoms with Crippen molar-refractivity contribution in [1.82, 2.24) is 5.43 Å². The van der Waals surface area contributed by atoms with Crippen molar-refractivity contribution in [1.29, 1.82) is 0 Å². The van der Waals surface area contributed by atoms with Crippen molar-refractivity contribution in [3.8, 4) is 5.75 Å². The average Bonchev–Trinajstić information content (AvgIpc) is 2.78. The number of carbonyl (C=O) groups is 3. The van der Waals surface area contributed by atoms with Crippen LogP contribution in [0.3, 0.4) is 0 Å². The van der Waals surface area contributed by atoms with Gasteiger partial charge in [0, 0.05) is 10.0 Å². The van der Waals surface area contributed by atoms with Gasteiger partial charge < -0.3 is 10.1 Å². The molecule has 3 rings (SSSR count). The monoisotopic (exact) mass is 567 g/mol. The van der Waals surface area contributed by atoms with Crippen molar-refractivity contribution in [2.75, 3.05) is 5.32 Å². The molecule has 168 valence electrons. The van der Waals surface area contributed by atoms with Crippen molar-refractivity contribution >= 4 is 80.4 Å². The van der Waals surface area contributed by atoms with Gasteiger partial charge in [-0.25, -0.2) is 10.2 Å². The third-order valence-electron chi connectivity index (χ3n) is 4.04. The Morgan fingerprint density at radius 1 is 0.909 bits per heavy atom. The zero-order valence-electron chi connectivity index (χ0n) is 16.4. The molecule has 0 atom stereocenters. The second-order valence-electron chi connectivity index (χ2n) is 6.31. The lowest BCUT2D eigenvalue weighted by Gasteiger charge is -2.09. The quantitative estimate of drug-likeness (QED) is 0.135. The standard InChI is InChI=1S/C22H13BrCl3N3O4/c23-13-8-9-18(33-22(32)14-4-1-2-5-15(14)24)12(10-13)11-27-29-21(31)20(30)28-17-7-3-6-16(25)19(17)26/h1-11H,(H,28,30)(H,29,31)/b27-11-. The normalized spacial score (nSPS) is 10.7. The first-order valence-corrected chi connectivity index (χ1v) is 11.0.